The summed E-state index contributed by atoms with van der Waals surface area (Å²) in [5.41, 5.74) is 1.68. The molecule has 2 aromatic carbocycles. The van der Waals surface area contributed by atoms with E-state index >= 15 is 0 Å². The van der Waals surface area contributed by atoms with E-state index in [2.05, 4.69) is 20.6 Å². The van der Waals surface area contributed by atoms with Crippen molar-refractivity contribution in [2.45, 2.75) is 17.4 Å². The molecule has 1 saturated heterocycles. The molecule has 1 heterocycles. The highest BCUT2D eigenvalue weighted by Gasteiger charge is 2.20. The van der Waals surface area contributed by atoms with Crippen molar-refractivity contribution >= 4 is 21.3 Å². The lowest BCUT2D eigenvalue weighted by Gasteiger charge is -2.33. The maximum Gasteiger partial charge on any atom is 0.119 e. The Kier molecular flexibility index (Phi) is 7.73. The first-order valence-corrected chi connectivity index (χ1v) is 12.2. The highest BCUT2D eigenvalue weighted by atomic mass is 35.5. The lowest BCUT2D eigenvalue weighted by Crippen LogP contribution is -2.53. The van der Waals surface area contributed by atoms with Gasteiger partial charge in [0.1, 0.15) is 12.4 Å². The lowest BCUT2D eigenvalue weighted by atomic mass is 10.1. The van der Waals surface area contributed by atoms with Gasteiger partial charge in [0.2, 0.25) is 0 Å². The van der Waals surface area contributed by atoms with Crippen molar-refractivity contribution in [3.05, 3.63) is 58.6 Å². The third-order valence-electron chi connectivity index (χ3n) is 5.20. The van der Waals surface area contributed by atoms with Crippen LogP contribution in [0.15, 0.2) is 51.7 Å². The van der Waals surface area contributed by atoms with E-state index in [0.29, 0.717) is 22.1 Å². The number of rotatable bonds is 7. The Morgan fingerprint density at radius 2 is 2.10 bits per heavy atom. The summed E-state index contributed by atoms with van der Waals surface area (Å²) in [4.78, 5) is 3.11. The maximum atomic E-state index is 12.3. The van der Waals surface area contributed by atoms with Gasteiger partial charge in [0.05, 0.1) is 27.4 Å². The second-order valence-electron chi connectivity index (χ2n) is 7.43. The monoisotopic (exact) mass is 446 g/mol. The predicted octanol–water partition coefficient (Wildman–Crippen LogP) is 3.19. The second-order valence-corrected chi connectivity index (χ2v) is 10.3. The summed E-state index contributed by atoms with van der Waals surface area (Å²) >= 11 is 6.10. The summed E-state index contributed by atoms with van der Waals surface area (Å²) in [5, 5.41) is 13.2. The molecular formula is C22H27ClN4O2S. The van der Waals surface area contributed by atoms with E-state index in [1.165, 1.54) is 0 Å². The number of nitrogens with one attached hydrogen (secondary N) is 1. The average Bonchev–Trinajstić information content (AvgIpc) is 2.76. The van der Waals surface area contributed by atoms with E-state index < -0.39 is 9.73 Å². The van der Waals surface area contributed by atoms with Crippen LogP contribution >= 0.6 is 11.6 Å². The molecule has 0 radical (unpaired) electrons. The number of piperazine rings is 1. The van der Waals surface area contributed by atoms with Gasteiger partial charge in [0, 0.05) is 49.4 Å². The number of benzene rings is 2. The van der Waals surface area contributed by atoms with Gasteiger partial charge in [-0.1, -0.05) is 11.6 Å². The molecule has 0 spiro atoms. The van der Waals surface area contributed by atoms with Gasteiger partial charge in [-0.3, -0.25) is 0 Å². The number of nitriles is 1. The second kappa shape index (κ2) is 10.3. The normalized spacial score (nSPS) is 18.9. The molecule has 1 N–H and O–H groups in total. The number of halogens is 1. The van der Waals surface area contributed by atoms with Gasteiger partial charge >= 0.3 is 0 Å². The van der Waals surface area contributed by atoms with Crippen LogP contribution in [0, 0.1) is 11.3 Å². The van der Waals surface area contributed by atoms with Crippen LogP contribution in [0.25, 0.3) is 0 Å². The van der Waals surface area contributed by atoms with Crippen molar-refractivity contribution < 1.29 is 8.95 Å². The van der Waals surface area contributed by atoms with Crippen LogP contribution in [-0.2, 0) is 16.1 Å². The molecule has 0 bridgehead atoms. The third-order valence-corrected chi connectivity index (χ3v) is 7.27. The van der Waals surface area contributed by atoms with E-state index in [9.17, 15) is 4.21 Å². The van der Waals surface area contributed by atoms with Crippen molar-refractivity contribution in [3.8, 4) is 11.8 Å². The third kappa shape index (κ3) is 6.19. The smallest absolute Gasteiger partial charge is 0.119 e. The van der Waals surface area contributed by atoms with Crippen molar-refractivity contribution in [2.24, 2.45) is 4.36 Å². The molecule has 1 fully saturated rings. The first-order valence-electron chi connectivity index (χ1n) is 9.88. The Labute approximate surface area is 184 Å². The Hall–Kier alpha value is -2.11. The molecule has 3 rings (SSSR count). The number of nitrogens with zero attached hydrogens (tertiary/aromatic N) is 3. The molecule has 0 aromatic heterocycles. The van der Waals surface area contributed by atoms with E-state index in [1.807, 2.05) is 36.4 Å². The molecule has 0 amide bonds. The molecule has 1 aliphatic rings. The first-order chi connectivity index (χ1) is 14.4. The molecule has 1 aliphatic heterocycles. The topological polar surface area (TPSA) is 77.7 Å². The zero-order chi connectivity index (χ0) is 21.6. The highest BCUT2D eigenvalue weighted by Crippen LogP contribution is 2.18. The van der Waals surface area contributed by atoms with Crippen molar-refractivity contribution in [1.29, 1.82) is 5.26 Å². The summed E-state index contributed by atoms with van der Waals surface area (Å²) in [7, 11) is -0.748. The van der Waals surface area contributed by atoms with Crippen molar-refractivity contribution in [1.82, 2.24) is 10.2 Å². The van der Waals surface area contributed by atoms with E-state index in [-0.39, 0.29) is 6.04 Å². The minimum Gasteiger partial charge on any atom is -0.492 e. The van der Waals surface area contributed by atoms with Gasteiger partial charge in [-0.15, -0.1) is 0 Å². The summed E-state index contributed by atoms with van der Waals surface area (Å²) in [6.07, 6.45) is 2.48. The molecule has 0 aliphatic carbocycles. The standard InChI is InChI=1S/C22H27ClN4O2S/c1-25-30(2,28)22-5-3-21(4-6-22)29-16-20-15-27(10-8-26-20)9-7-17-11-18(14-24)13-19(23)12-17/h3-6,11-13,20,26H,7-10,15-16H2,1-2H3/t20-,30-/m0/s1. The fraction of sp³-hybridized carbons (Fsp3) is 0.409. The number of ether oxygens (including phenoxy) is 1. The molecule has 2 aromatic rings. The van der Waals surface area contributed by atoms with Crippen LogP contribution in [0.5, 0.6) is 5.75 Å². The fourth-order valence-electron chi connectivity index (χ4n) is 3.45. The van der Waals surface area contributed by atoms with Gasteiger partial charge in [0.15, 0.2) is 0 Å². The molecule has 0 unspecified atom stereocenters. The van der Waals surface area contributed by atoms with Gasteiger partial charge in [-0.05, 0) is 54.4 Å². The molecule has 160 valence electrons. The van der Waals surface area contributed by atoms with Gasteiger partial charge in [-0.25, -0.2) is 8.57 Å². The van der Waals surface area contributed by atoms with Crippen LogP contribution < -0.4 is 10.1 Å². The van der Waals surface area contributed by atoms with Gasteiger partial charge in [-0.2, -0.15) is 5.26 Å². The Morgan fingerprint density at radius 3 is 2.80 bits per heavy atom. The lowest BCUT2D eigenvalue weighted by molar-refractivity contribution is 0.159. The number of hydrogen-bond donors (Lipinski definition) is 1. The first kappa shape index (κ1) is 22.6. The maximum absolute atomic E-state index is 12.3. The molecule has 6 nitrogen and oxygen atoms in total. The van der Waals surface area contributed by atoms with Crippen molar-refractivity contribution in [2.75, 3.05) is 46.1 Å². The molecule has 2 atom stereocenters. The quantitative estimate of drug-likeness (QED) is 0.706. The van der Waals surface area contributed by atoms with Crippen LogP contribution in [0.1, 0.15) is 11.1 Å². The minimum absolute atomic E-state index is 0.230. The average molecular weight is 447 g/mol. The summed E-state index contributed by atoms with van der Waals surface area (Å²) in [6, 6.07) is 15.2. The van der Waals surface area contributed by atoms with Crippen LogP contribution in [0.2, 0.25) is 5.02 Å². The minimum atomic E-state index is -2.32. The van der Waals surface area contributed by atoms with Crippen LogP contribution in [0.4, 0.5) is 0 Å². The molecular weight excluding hydrogens is 420 g/mol. The number of hydrogen-bond acceptors (Lipinski definition) is 6. The summed E-state index contributed by atoms with van der Waals surface area (Å²) in [5.74, 6) is 0.756. The van der Waals surface area contributed by atoms with Gasteiger partial charge < -0.3 is 15.0 Å². The molecule has 0 saturated carbocycles. The zero-order valence-corrected chi connectivity index (χ0v) is 18.9. The Morgan fingerprint density at radius 1 is 1.33 bits per heavy atom. The Bertz CT molecular complexity index is 1030. The highest BCUT2D eigenvalue weighted by molar-refractivity contribution is 7.93. The van der Waals surface area contributed by atoms with E-state index in [0.717, 1.165) is 43.9 Å². The van der Waals surface area contributed by atoms with Crippen molar-refractivity contribution in [3.63, 3.8) is 0 Å². The summed E-state index contributed by atoms with van der Waals surface area (Å²) in [6.45, 7) is 4.24. The molecule has 8 heteroatoms. The Balaban J connectivity index is 1.50. The zero-order valence-electron chi connectivity index (χ0n) is 17.3. The van der Waals surface area contributed by atoms with E-state index in [4.69, 9.17) is 21.6 Å². The van der Waals surface area contributed by atoms with Crippen LogP contribution in [-0.4, -0.2) is 61.2 Å². The summed E-state index contributed by atoms with van der Waals surface area (Å²) < 4.78 is 22.2. The molecule has 30 heavy (non-hydrogen) atoms. The van der Waals surface area contributed by atoms with Gasteiger partial charge in [0.25, 0.3) is 0 Å². The van der Waals surface area contributed by atoms with E-state index in [1.54, 1.807) is 19.4 Å². The fourth-order valence-corrected chi connectivity index (χ4v) is 4.56. The van der Waals surface area contributed by atoms with Crippen LogP contribution in [0.3, 0.4) is 0 Å². The predicted molar refractivity (Wildman–Crippen MR) is 121 cm³/mol. The SMILES string of the molecule is CN=[S@@](C)(=O)c1ccc(OC[C@@H]2CN(CCc3cc(Cl)cc(C#N)c3)CCN2)cc1. The largest absolute Gasteiger partial charge is 0.492 e.